The summed E-state index contributed by atoms with van der Waals surface area (Å²) in [4.78, 5) is 39.0. The summed E-state index contributed by atoms with van der Waals surface area (Å²) in [5, 5.41) is 158. The van der Waals surface area contributed by atoms with Crippen LogP contribution in [0.3, 0.4) is 0 Å². The van der Waals surface area contributed by atoms with Crippen molar-refractivity contribution in [3.8, 4) is 0 Å². The van der Waals surface area contributed by atoms with Gasteiger partial charge in [-0.3, -0.25) is 14.4 Å². The molecule has 30 atom stereocenters. The highest BCUT2D eigenvalue weighted by Gasteiger charge is 2.59. The Morgan fingerprint density at radius 2 is 0.740 bits per heavy atom. The zero-order valence-corrected chi connectivity index (χ0v) is 40.4. The van der Waals surface area contributed by atoms with Crippen molar-refractivity contribution in [2.75, 3.05) is 19.8 Å². The molecule has 6 heterocycles. The maximum absolute atomic E-state index is 13.3. The second-order valence-corrected chi connectivity index (χ2v) is 19.0. The average Bonchev–Trinajstić information content (AvgIpc) is 3.33. The molecular weight excluding hydrogens is 994 g/mol. The molecule has 0 unspecified atom stereocenters. The summed E-state index contributed by atoms with van der Waals surface area (Å²) in [5.74, 6) is -2.39. The van der Waals surface area contributed by atoms with Gasteiger partial charge in [-0.15, -0.1) is 0 Å². The van der Waals surface area contributed by atoms with Crippen molar-refractivity contribution in [3.05, 3.63) is 0 Å². The van der Waals surface area contributed by atoms with Gasteiger partial charge >= 0.3 is 0 Å². The molecule has 31 heteroatoms. The molecule has 6 rings (SSSR count). The molecule has 6 saturated heterocycles. The number of carbonyl (C=O) groups is 3. The fourth-order valence-corrected chi connectivity index (χ4v) is 9.39. The van der Waals surface area contributed by atoms with Crippen molar-refractivity contribution >= 4 is 17.7 Å². The molecule has 0 spiro atoms. The minimum atomic E-state index is -2.08. The van der Waals surface area contributed by atoms with Crippen LogP contribution in [0.25, 0.3) is 0 Å². The summed E-state index contributed by atoms with van der Waals surface area (Å²) in [7, 11) is 0. The molecule has 0 saturated carbocycles. The molecule has 0 aromatic heterocycles. The number of aliphatic hydroxyl groups is 14. The Bertz CT molecular complexity index is 1810. The van der Waals surface area contributed by atoms with Crippen LogP contribution in [0.4, 0.5) is 0 Å². The highest BCUT2D eigenvalue weighted by atomic mass is 16.8. The number of hydrogen-bond acceptors (Lipinski definition) is 28. The van der Waals surface area contributed by atoms with Gasteiger partial charge in [-0.05, 0) is 20.8 Å². The van der Waals surface area contributed by atoms with Gasteiger partial charge < -0.3 is 140 Å². The first-order valence-corrected chi connectivity index (χ1v) is 23.7. The van der Waals surface area contributed by atoms with E-state index in [-0.39, 0.29) is 0 Å². The third-order valence-corrected chi connectivity index (χ3v) is 13.5. The highest BCUT2D eigenvalue weighted by molar-refractivity contribution is 5.75. The molecule has 0 radical (unpaired) electrons. The van der Waals surface area contributed by atoms with E-state index in [4.69, 9.17) is 52.1 Å². The van der Waals surface area contributed by atoms with Crippen molar-refractivity contribution in [1.29, 1.82) is 0 Å². The number of aliphatic hydroxyl groups excluding tert-OH is 14. The van der Waals surface area contributed by atoms with Crippen molar-refractivity contribution in [2.24, 2.45) is 0 Å². The summed E-state index contributed by atoms with van der Waals surface area (Å²) in [6, 6.07) is -3.42. The van der Waals surface area contributed by atoms with Gasteiger partial charge in [0.25, 0.3) is 0 Å². The Labute approximate surface area is 416 Å². The van der Waals surface area contributed by atoms with Gasteiger partial charge in [0, 0.05) is 20.8 Å². The van der Waals surface area contributed by atoms with Crippen LogP contribution >= 0.6 is 0 Å². The van der Waals surface area contributed by atoms with E-state index in [1.165, 1.54) is 20.8 Å². The Morgan fingerprint density at radius 3 is 1.21 bits per heavy atom. The lowest BCUT2D eigenvalue weighted by Crippen LogP contribution is -2.73. The predicted molar refractivity (Wildman–Crippen MR) is 230 cm³/mol. The van der Waals surface area contributed by atoms with E-state index in [0.29, 0.717) is 0 Å². The number of hydrogen-bond donors (Lipinski definition) is 17. The number of ether oxygens (including phenoxy) is 11. The number of nitrogens with one attached hydrogen (secondary N) is 3. The zero-order valence-electron chi connectivity index (χ0n) is 40.4. The predicted octanol–water partition coefficient (Wildman–Crippen LogP) is -10.6. The molecule has 73 heavy (non-hydrogen) atoms. The lowest BCUT2D eigenvalue weighted by molar-refractivity contribution is -0.386. The van der Waals surface area contributed by atoms with E-state index in [9.17, 15) is 85.9 Å². The number of amides is 3. The molecule has 422 valence electrons. The lowest BCUT2D eigenvalue weighted by Gasteiger charge is -2.53. The van der Waals surface area contributed by atoms with Gasteiger partial charge in [-0.2, -0.15) is 0 Å². The first-order chi connectivity index (χ1) is 34.3. The number of carbonyl (C=O) groups excluding carboxylic acids is 3. The van der Waals surface area contributed by atoms with Gasteiger partial charge in [0.15, 0.2) is 37.7 Å². The van der Waals surface area contributed by atoms with Gasteiger partial charge in [-0.25, -0.2) is 0 Å². The van der Waals surface area contributed by atoms with E-state index < -0.39 is 222 Å². The maximum atomic E-state index is 13.3. The van der Waals surface area contributed by atoms with Crippen LogP contribution in [0, 0.1) is 0 Å². The molecule has 0 aromatic carbocycles. The molecule has 0 aromatic rings. The highest BCUT2D eigenvalue weighted by Crippen LogP contribution is 2.38. The van der Waals surface area contributed by atoms with Gasteiger partial charge in [0.2, 0.25) is 17.7 Å². The average molecular weight is 1070 g/mol. The van der Waals surface area contributed by atoms with Crippen molar-refractivity contribution < 1.29 is 138 Å². The summed E-state index contributed by atoms with van der Waals surface area (Å²) >= 11 is 0. The van der Waals surface area contributed by atoms with Gasteiger partial charge in [0.1, 0.15) is 128 Å². The van der Waals surface area contributed by atoms with Crippen LogP contribution in [-0.4, -0.2) is 293 Å². The Balaban J connectivity index is 1.48. The molecule has 0 aliphatic carbocycles. The molecule has 0 bridgehead atoms. The molecule has 6 aliphatic rings. The third kappa shape index (κ3) is 13.2. The van der Waals surface area contributed by atoms with E-state index in [2.05, 4.69) is 16.0 Å². The van der Waals surface area contributed by atoms with Crippen LogP contribution in [0.5, 0.6) is 0 Å². The van der Waals surface area contributed by atoms with Crippen LogP contribution in [-0.2, 0) is 66.5 Å². The van der Waals surface area contributed by atoms with Crippen molar-refractivity contribution in [2.45, 2.75) is 226 Å². The molecule has 6 aliphatic heterocycles. The van der Waals surface area contributed by atoms with Crippen LogP contribution < -0.4 is 16.0 Å². The lowest BCUT2D eigenvalue weighted by atomic mass is 9.92. The van der Waals surface area contributed by atoms with Gasteiger partial charge in [-0.1, -0.05) is 0 Å². The van der Waals surface area contributed by atoms with Gasteiger partial charge in [0.05, 0.1) is 38.1 Å². The fourth-order valence-electron chi connectivity index (χ4n) is 9.39. The van der Waals surface area contributed by atoms with E-state index in [1.807, 2.05) is 0 Å². The van der Waals surface area contributed by atoms with E-state index in [0.717, 1.165) is 20.8 Å². The normalized spacial score (nSPS) is 49.6. The smallest absolute Gasteiger partial charge is 0.218 e. The largest absolute Gasteiger partial charge is 0.394 e. The van der Waals surface area contributed by atoms with Crippen molar-refractivity contribution in [3.63, 3.8) is 0 Å². The third-order valence-electron chi connectivity index (χ3n) is 13.5. The Morgan fingerprint density at radius 1 is 0.384 bits per heavy atom. The summed E-state index contributed by atoms with van der Waals surface area (Å²) < 4.78 is 66.7. The Hall–Kier alpha value is -2.59. The van der Waals surface area contributed by atoms with E-state index >= 15 is 0 Å². The molecule has 3 amide bonds. The van der Waals surface area contributed by atoms with E-state index in [1.54, 1.807) is 0 Å². The first kappa shape index (κ1) is 59.7. The monoisotopic (exact) mass is 1070 g/mol. The summed E-state index contributed by atoms with van der Waals surface area (Å²) in [6.45, 7) is 4.42. The first-order valence-electron chi connectivity index (χ1n) is 23.7. The second kappa shape index (κ2) is 25.3. The molecular formula is C42H71N3O28. The fraction of sp³-hybridized carbons (Fsp3) is 0.929. The standard InChI is InChI=1S/C42H71N3O28/c1-10-21(51)25(55)29(59)39(64-10)63-9-18-34(35(19(43-13(4)48)37(67-18)45-15(6)50)72-40-30(60)26(56)22(52)11(2)65-40)70-38-20(44-14(5)49)36(73-41-31(61)27(57)23(53)12(3)66-41)33(17(8-47)69-38)71-42-32(62)28(58)24(54)16(7-46)68-42/h10-12,16-42,46-47,51-62H,7-9H2,1-6H3,(H,43,48)(H,44,49)(H,45,50)/t10-,11-,12-,16+,17+,18+,19+,20+,21+,22+,23+,24+,25+,26+,27+,28-,29-,30-,31-,32-,33+,34+,35+,36+,37-,38-,39+,40-,41-,42-/m0/s1. The Kier molecular flexibility index (Phi) is 20.6. The molecule has 31 nitrogen and oxygen atoms in total. The summed E-state index contributed by atoms with van der Waals surface area (Å²) in [6.07, 6.45) is -49.7. The topological polar surface area (TPSA) is 472 Å². The maximum Gasteiger partial charge on any atom is 0.218 e. The minimum absolute atomic E-state index is 0.743. The second-order valence-electron chi connectivity index (χ2n) is 19.0. The summed E-state index contributed by atoms with van der Waals surface area (Å²) in [5.41, 5.74) is 0. The van der Waals surface area contributed by atoms with Crippen LogP contribution in [0.15, 0.2) is 0 Å². The van der Waals surface area contributed by atoms with Crippen molar-refractivity contribution in [1.82, 2.24) is 16.0 Å². The minimum Gasteiger partial charge on any atom is -0.394 e. The zero-order chi connectivity index (χ0) is 54.1. The van der Waals surface area contributed by atoms with Crippen LogP contribution in [0.2, 0.25) is 0 Å². The quantitative estimate of drug-likeness (QED) is 0.0682. The van der Waals surface area contributed by atoms with Crippen LogP contribution in [0.1, 0.15) is 41.5 Å². The molecule has 17 N–H and O–H groups in total. The number of rotatable bonds is 16. The SMILES string of the molecule is CC(=O)N[C@@H]1[C@@H](O[C@@H]2O[C@@H](C)[C@@H](O)[C@@H](O)[C@@H]2O)[C@H](O[C@@H]2O[C@H](CO)[C@@H](O[C@@H]3O[C@H](CO)[C@@H](O)[C@H](O)[C@@H]3O)[C@H](O[C@@H]3O[C@@H](C)[C@@H](O)[C@@H](O)[C@@H]3O)[C@H]2NC(C)=O)[C@@H](CO[C@@H]2O[C@@H](C)[C@@H](O)[C@@H](O)[C@@H]2O)O[C@@H]1NC(C)=O. The molecule has 6 fully saturated rings.